The summed E-state index contributed by atoms with van der Waals surface area (Å²) in [6.07, 6.45) is 6.21. The maximum atomic E-state index is 13.7. The molecule has 2 saturated heterocycles. The SMILES string of the molecule is C=CC(=O)N1CCN(c2nc(NCCC(=O)NCC3CCC(C(=O)N4CCN(Cc5ccc(-n6c(-c7cc(CC)c(O)cc7O)n[nH]c6=O)cc5)CC4)CC3)nc3c2CCN(c2cc(O)cc4ccccc24)C3)CC1. The molecule has 0 bridgehead atoms. The quantitative estimate of drug-likeness (QED) is 0.0717. The normalized spacial score (nSPS) is 18.2. The number of amides is 3. The molecule has 0 atom stereocenters. The molecule has 3 amide bonds. The molecule has 6 aromatic rings. The molecule has 3 fully saturated rings. The summed E-state index contributed by atoms with van der Waals surface area (Å²) in [5.41, 5.74) is 5.08. The number of phenols is 3. The fourth-order valence-corrected chi connectivity index (χ4v) is 11.2. The van der Waals surface area contributed by atoms with Crippen molar-refractivity contribution in [2.45, 2.75) is 65.0 Å². The van der Waals surface area contributed by atoms with Crippen molar-refractivity contribution in [3.63, 3.8) is 0 Å². The number of nitrogens with zero attached hydrogens (tertiary/aromatic N) is 9. The number of hydrogen-bond donors (Lipinski definition) is 6. The number of aryl methyl sites for hydroxylation is 1. The van der Waals surface area contributed by atoms with Crippen LogP contribution in [-0.4, -0.2) is 144 Å². The van der Waals surface area contributed by atoms with Gasteiger partial charge in [-0.15, -0.1) is 0 Å². The Hall–Kier alpha value is -7.93. The number of aromatic nitrogens is 5. The minimum Gasteiger partial charge on any atom is -0.508 e. The van der Waals surface area contributed by atoms with Crippen molar-refractivity contribution in [3.8, 4) is 34.3 Å². The lowest BCUT2D eigenvalue weighted by Crippen LogP contribution is -2.50. The summed E-state index contributed by atoms with van der Waals surface area (Å²) >= 11 is 0. The number of hydrogen-bond acceptors (Lipinski definition) is 14. The molecule has 5 heterocycles. The van der Waals surface area contributed by atoms with Crippen LogP contribution in [0.3, 0.4) is 0 Å². The van der Waals surface area contributed by atoms with Crippen molar-refractivity contribution in [3.05, 3.63) is 118 Å². The molecule has 75 heavy (non-hydrogen) atoms. The highest BCUT2D eigenvalue weighted by atomic mass is 16.3. The second-order valence-electron chi connectivity index (χ2n) is 20.2. The molecule has 2 aromatic heterocycles. The maximum Gasteiger partial charge on any atom is 0.348 e. The summed E-state index contributed by atoms with van der Waals surface area (Å²) in [4.78, 5) is 72.8. The topological polar surface area (TPSA) is 229 Å². The number of piperazine rings is 2. The first-order valence-electron chi connectivity index (χ1n) is 26.3. The van der Waals surface area contributed by atoms with Crippen LogP contribution in [0, 0.1) is 11.8 Å². The second-order valence-corrected chi connectivity index (χ2v) is 20.2. The fraction of sp³-hybridized carbons (Fsp3) is 0.411. The molecule has 6 N–H and O–H groups in total. The molecular weight excluding hydrogens is 953 g/mol. The van der Waals surface area contributed by atoms with Gasteiger partial charge in [-0.25, -0.2) is 19.4 Å². The molecule has 4 aromatic carbocycles. The predicted octanol–water partition coefficient (Wildman–Crippen LogP) is 5.32. The molecule has 0 radical (unpaired) electrons. The summed E-state index contributed by atoms with van der Waals surface area (Å²) in [5, 5.41) is 46.6. The summed E-state index contributed by atoms with van der Waals surface area (Å²) in [6.45, 7) is 13.6. The van der Waals surface area contributed by atoms with Crippen molar-refractivity contribution in [1.29, 1.82) is 0 Å². The lowest BCUT2D eigenvalue weighted by molar-refractivity contribution is -0.138. The molecule has 4 aliphatic rings. The van der Waals surface area contributed by atoms with Crippen LogP contribution in [0.15, 0.2) is 90.2 Å². The van der Waals surface area contributed by atoms with E-state index in [0.29, 0.717) is 107 Å². The van der Waals surface area contributed by atoms with Gasteiger partial charge in [-0.05, 0) is 91.3 Å². The van der Waals surface area contributed by atoms with Crippen LogP contribution in [0.1, 0.15) is 61.4 Å². The Morgan fingerprint density at radius 3 is 2.32 bits per heavy atom. The minimum atomic E-state index is -0.444. The van der Waals surface area contributed by atoms with Gasteiger partial charge in [-0.2, -0.15) is 10.1 Å². The molecule has 19 nitrogen and oxygen atoms in total. The number of benzene rings is 4. The highest BCUT2D eigenvalue weighted by Gasteiger charge is 2.32. The van der Waals surface area contributed by atoms with E-state index in [2.05, 4.69) is 48.2 Å². The molecule has 392 valence electrons. The van der Waals surface area contributed by atoms with Gasteiger partial charge >= 0.3 is 5.69 Å². The molecule has 0 spiro atoms. The minimum absolute atomic E-state index is 0.0141. The van der Waals surface area contributed by atoms with Crippen molar-refractivity contribution >= 4 is 45.9 Å². The van der Waals surface area contributed by atoms with E-state index < -0.39 is 5.69 Å². The molecule has 10 rings (SSSR count). The number of carbonyl (C=O) groups excluding carboxylic acids is 3. The molecule has 0 unspecified atom stereocenters. The highest BCUT2D eigenvalue weighted by Crippen LogP contribution is 2.38. The third-order valence-electron chi connectivity index (χ3n) is 15.5. The van der Waals surface area contributed by atoms with Gasteiger partial charge in [-0.3, -0.25) is 19.3 Å². The molecule has 1 aliphatic carbocycles. The summed E-state index contributed by atoms with van der Waals surface area (Å²) in [7, 11) is 0. The number of phenolic OH excluding ortho intramolecular Hbond substituents is 3. The van der Waals surface area contributed by atoms with Gasteiger partial charge in [0.15, 0.2) is 5.82 Å². The van der Waals surface area contributed by atoms with Crippen LogP contribution in [0.2, 0.25) is 0 Å². The zero-order valence-corrected chi connectivity index (χ0v) is 42.5. The predicted molar refractivity (Wildman–Crippen MR) is 287 cm³/mol. The summed E-state index contributed by atoms with van der Waals surface area (Å²) in [5.74, 6) is 1.93. The van der Waals surface area contributed by atoms with Crippen LogP contribution in [0.4, 0.5) is 17.5 Å². The number of aromatic amines is 1. The van der Waals surface area contributed by atoms with Crippen LogP contribution in [0.5, 0.6) is 17.2 Å². The first-order valence-corrected chi connectivity index (χ1v) is 26.3. The van der Waals surface area contributed by atoms with Gasteiger partial charge in [0, 0.05) is 120 Å². The van der Waals surface area contributed by atoms with E-state index in [9.17, 15) is 34.5 Å². The smallest absolute Gasteiger partial charge is 0.348 e. The third kappa shape index (κ3) is 11.1. The van der Waals surface area contributed by atoms with E-state index in [1.54, 1.807) is 17.0 Å². The van der Waals surface area contributed by atoms with Crippen LogP contribution >= 0.6 is 0 Å². The van der Waals surface area contributed by atoms with Gasteiger partial charge in [0.2, 0.25) is 23.7 Å². The summed E-state index contributed by atoms with van der Waals surface area (Å²) in [6, 6.07) is 22.2. The Morgan fingerprint density at radius 2 is 1.57 bits per heavy atom. The zero-order chi connectivity index (χ0) is 52.2. The third-order valence-corrected chi connectivity index (χ3v) is 15.5. The van der Waals surface area contributed by atoms with E-state index in [1.165, 1.54) is 16.7 Å². The maximum absolute atomic E-state index is 13.7. The zero-order valence-electron chi connectivity index (χ0n) is 42.5. The van der Waals surface area contributed by atoms with Crippen molar-refractivity contribution in [1.82, 2.24) is 44.7 Å². The Bertz CT molecular complexity index is 3130. The van der Waals surface area contributed by atoms with Crippen LogP contribution in [0.25, 0.3) is 27.8 Å². The highest BCUT2D eigenvalue weighted by molar-refractivity contribution is 5.96. The van der Waals surface area contributed by atoms with E-state index in [-0.39, 0.29) is 53.1 Å². The van der Waals surface area contributed by atoms with Crippen LogP contribution in [-0.2, 0) is 40.3 Å². The standard InChI is InChI=1S/C56H66N12O7/c1-3-38-30-45(49(71)32-48(38)70)53-61-62-56(75)68(53)41-15-11-37(12-16-41)34-63-21-23-66(24-22-63)54(74)39-13-9-36(10-14-39)33-58-50(72)17-19-57-55-59-46-35-67(47-31-42(69)29-40-7-5-6-8-43(40)47)20-18-44(46)52(60-55)65-27-25-64(26-28-65)51(73)4-2/h4-8,11-12,15-16,29-32,36,39,69-71H,2-3,9-10,13-14,17-28,33-35H2,1H3,(H,58,72)(H,62,75)(H,57,59,60). The van der Waals surface area contributed by atoms with Crippen molar-refractivity contribution in [2.24, 2.45) is 11.8 Å². The van der Waals surface area contributed by atoms with Gasteiger partial charge in [0.1, 0.15) is 23.1 Å². The Kier molecular flexibility index (Phi) is 15.0. The Labute approximate surface area is 435 Å². The molecular formula is C56H66N12O7. The fourth-order valence-electron chi connectivity index (χ4n) is 11.2. The number of H-pyrrole nitrogens is 1. The lowest BCUT2D eigenvalue weighted by atomic mass is 9.81. The van der Waals surface area contributed by atoms with Gasteiger partial charge in [0.05, 0.1) is 23.5 Å². The van der Waals surface area contributed by atoms with Crippen LogP contribution < -0.4 is 26.1 Å². The lowest BCUT2D eigenvalue weighted by Gasteiger charge is -2.38. The number of anilines is 3. The van der Waals surface area contributed by atoms with E-state index in [0.717, 1.165) is 84.4 Å². The molecule has 19 heteroatoms. The van der Waals surface area contributed by atoms with Crippen molar-refractivity contribution < 1.29 is 29.7 Å². The number of carbonyl (C=O) groups is 3. The van der Waals surface area contributed by atoms with E-state index in [1.807, 2.05) is 60.4 Å². The van der Waals surface area contributed by atoms with Crippen molar-refractivity contribution in [2.75, 3.05) is 87.1 Å². The number of fused-ring (bicyclic) bond motifs is 2. The first-order chi connectivity index (χ1) is 36.4. The second kappa shape index (κ2) is 22.3. The first kappa shape index (κ1) is 50.6. The van der Waals surface area contributed by atoms with Gasteiger partial charge < -0.3 is 45.6 Å². The van der Waals surface area contributed by atoms with E-state index in [4.69, 9.17) is 9.97 Å². The Morgan fingerprint density at radius 1 is 0.827 bits per heavy atom. The summed E-state index contributed by atoms with van der Waals surface area (Å²) < 4.78 is 1.41. The van der Waals surface area contributed by atoms with Gasteiger partial charge in [-0.1, -0.05) is 49.9 Å². The van der Waals surface area contributed by atoms with Gasteiger partial charge in [0.25, 0.3) is 0 Å². The van der Waals surface area contributed by atoms with E-state index >= 15 is 0 Å². The average Bonchev–Trinajstić information content (AvgIpc) is 3.82. The number of aromatic hydroxyl groups is 3. The largest absolute Gasteiger partial charge is 0.508 e. The molecule has 1 saturated carbocycles. The monoisotopic (exact) mass is 1020 g/mol. The molecule has 3 aliphatic heterocycles. The Balaban J connectivity index is 0.678. The number of rotatable bonds is 15. The number of nitrogens with one attached hydrogen (secondary N) is 3. The average molecular weight is 1020 g/mol.